The summed E-state index contributed by atoms with van der Waals surface area (Å²) in [5.41, 5.74) is 1.90. The summed E-state index contributed by atoms with van der Waals surface area (Å²) in [7, 11) is 0. The highest BCUT2D eigenvalue weighted by Crippen LogP contribution is 2.59. The maximum atomic E-state index is 11.7. The van der Waals surface area contributed by atoms with E-state index in [-0.39, 0.29) is 29.2 Å². The van der Waals surface area contributed by atoms with Gasteiger partial charge in [-0.1, -0.05) is 38.8 Å². The lowest BCUT2D eigenvalue weighted by molar-refractivity contribution is -0.213. The monoisotopic (exact) mass is 392 g/mol. The maximum Gasteiger partial charge on any atom is 0.304 e. The van der Waals surface area contributed by atoms with Crippen LogP contribution in [0, 0.1) is 28.6 Å². The van der Waals surface area contributed by atoms with Gasteiger partial charge in [0.05, 0.1) is 5.92 Å². The summed E-state index contributed by atoms with van der Waals surface area (Å²) in [5, 5.41) is 0. The number of fused-ring (bicyclic) bond motifs is 1. The second kappa shape index (κ2) is 7.81. The van der Waals surface area contributed by atoms with E-state index >= 15 is 0 Å². The quantitative estimate of drug-likeness (QED) is 0.500. The highest BCUT2D eigenvalue weighted by molar-refractivity contribution is 5.66. The summed E-state index contributed by atoms with van der Waals surface area (Å²) in [5.74, 6) is -0.294. The predicted octanol–water partition coefficient (Wildman–Crippen LogP) is 4.99. The van der Waals surface area contributed by atoms with Crippen molar-refractivity contribution in [3.05, 3.63) is 11.6 Å². The highest BCUT2D eigenvalue weighted by Gasteiger charge is 2.56. The molecule has 5 heteroatoms. The summed E-state index contributed by atoms with van der Waals surface area (Å²) in [6, 6.07) is 0. The summed E-state index contributed by atoms with van der Waals surface area (Å²) in [4.78, 5) is 23.3. The Bertz CT molecular complexity index is 651. The first-order valence-electron chi connectivity index (χ1n) is 10.7. The molecule has 0 amide bonds. The van der Waals surface area contributed by atoms with Crippen molar-refractivity contribution in [2.24, 2.45) is 28.6 Å². The Labute approximate surface area is 169 Å². The predicted molar refractivity (Wildman–Crippen MR) is 106 cm³/mol. The molecule has 1 saturated heterocycles. The summed E-state index contributed by atoms with van der Waals surface area (Å²) >= 11 is 0. The lowest BCUT2D eigenvalue weighted by Crippen LogP contribution is -2.44. The number of carbonyl (C=O) groups excluding carboxylic acids is 2. The van der Waals surface area contributed by atoms with Crippen molar-refractivity contribution in [1.82, 2.24) is 0 Å². The van der Waals surface area contributed by atoms with Gasteiger partial charge < -0.3 is 14.2 Å². The Kier molecular flexibility index (Phi) is 5.96. The van der Waals surface area contributed by atoms with Crippen molar-refractivity contribution >= 4 is 11.9 Å². The van der Waals surface area contributed by atoms with E-state index in [1.165, 1.54) is 45.1 Å². The molecular formula is C23H36O5. The molecule has 0 aromatic heterocycles. The van der Waals surface area contributed by atoms with Gasteiger partial charge in [-0.15, -0.1) is 0 Å². The number of hydrogen-bond donors (Lipinski definition) is 0. The van der Waals surface area contributed by atoms with Crippen LogP contribution in [-0.2, 0) is 23.8 Å². The second-order valence-electron chi connectivity index (χ2n) is 10.0. The summed E-state index contributed by atoms with van der Waals surface area (Å²) < 4.78 is 16.9. The standard InChI is InChI=1S/C23H36O5/c1-7-16-18(23(6)12-8-11-22(4,5)13-23)10-9-17-19(16)21(27-15(3)25)28-20(17)26-14(2)24/h7,17-21H,8-13H2,1-6H3/t17-,18+,19+,20-,21+,23+/m0/s1. The fourth-order valence-electron chi connectivity index (χ4n) is 6.39. The van der Waals surface area contributed by atoms with Crippen LogP contribution in [0.15, 0.2) is 11.6 Å². The van der Waals surface area contributed by atoms with E-state index in [1.54, 1.807) is 0 Å². The van der Waals surface area contributed by atoms with Crippen LogP contribution in [0.2, 0.25) is 0 Å². The third kappa shape index (κ3) is 4.14. The first-order chi connectivity index (χ1) is 13.1. The number of rotatable bonds is 3. The highest BCUT2D eigenvalue weighted by atomic mass is 16.8. The third-order valence-corrected chi connectivity index (χ3v) is 7.17. The molecular weight excluding hydrogens is 356 g/mol. The Morgan fingerprint density at radius 1 is 1.04 bits per heavy atom. The lowest BCUT2D eigenvalue weighted by atomic mass is 9.53. The van der Waals surface area contributed by atoms with Crippen molar-refractivity contribution in [3.63, 3.8) is 0 Å². The van der Waals surface area contributed by atoms with Crippen LogP contribution in [0.4, 0.5) is 0 Å². The molecule has 0 aromatic carbocycles. The van der Waals surface area contributed by atoms with Crippen LogP contribution in [-0.4, -0.2) is 24.5 Å². The van der Waals surface area contributed by atoms with Crippen molar-refractivity contribution in [3.8, 4) is 0 Å². The average Bonchev–Trinajstić information content (AvgIpc) is 2.89. The first-order valence-corrected chi connectivity index (χ1v) is 10.7. The summed E-state index contributed by atoms with van der Waals surface area (Å²) in [6.45, 7) is 12.1. The molecule has 6 atom stereocenters. The molecule has 3 aliphatic rings. The minimum atomic E-state index is -0.680. The smallest absolute Gasteiger partial charge is 0.304 e. The molecule has 158 valence electrons. The van der Waals surface area contributed by atoms with Crippen molar-refractivity contribution in [2.75, 3.05) is 0 Å². The zero-order chi connectivity index (χ0) is 20.7. The molecule has 5 nitrogen and oxygen atoms in total. The molecule has 0 radical (unpaired) electrons. The van der Waals surface area contributed by atoms with Crippen LogP contribution < -0.4 is 0 Å². The molecule has 3 fully saturated rings. The molecule has 2 aliphatic carbocycles. The number of hydrogen-bond acceptors (Lipinski definition) is 5. The minimum absolute atomic E-state index is 0.0379. The van der Waals surface area contributed by atoms with Gasteiger partial charge in [0.2, 0.25) is 12.6 Å². The molecule has 0 spiro atoms. The fourth-order valence-corrected chi connectivity index (χ4v) is 6.39. The van der Waals surface area contributed by atoms with E-state index in [0.29, 0.717) is 11.3 Å². The molecule has 1 heterocycles. The van der Waals surface area contributed by atoms with Gasteiger partial charge in [-0.05, 0) is 55.8 Å². The average molecular weight is 393 g/mol. The number of carbonyl (C=O) groups is 2. The van der Waals surface area contributed by atoms with Gasteiger partial charge in [-0.25, -0.2) is 0 Å². The van der Waals surface area contributed by atoms with E-state index in [1.807, 2.05) is 0 Å². The molecule has 0 bridgehead atoms. The molecule has 28 heavy (non-hydrogen) atoms. The minimum Gasteiger partial charge on any atom is -0.435 e. The van der Waals surface area contributed by atoms with E-state index in [2.05, 4.69) is 33.8 Å². The van der Waals surface area contributed by atoms with E-state index < -0.39 is 12.6 Å². The van der Waals surface area contributed by atoms with Crippen LogP contribution in [0.1, 0.15) is 80.1 Å². The second-order valence-corrected chi connectivity index (χ2v) is 10.0. The first kappa shape index (κ1) is 21.4. The number of allylic oxidation sites excluding steroid dienone is 1. The topological polar surface area (TPSA) is 61.8 Å². The Morgan fingerprint density at radius 3 is 2.25 bits per heavy atom. The normalized spacial score (nSPS) is 41.4. The van der Waals surface area contributed by atoms with Crippen molar-refractivity contribution < 1.29 is 23.8 Å². The van der Waals surface area contributed by atoms with Crippen LogP contribution in [0.5, 0.6) is 0 Å². The van der Waals surface area contributed by atoms with Crippen molar-refractivity contribution in [1.29, 1.82) is 0 Å². The molecule has 0 N–H and O–H groups in total. The largest absolute Gasteiger partial charge is 0.435 e. The van der Waals surface area contributed by atoms with Gasteiger partial charge >= 0.3 is 11.9 Å². The molecule has 3 rings (SSSR count). The third-order valence-electron chi connectivity index (χ3n) is 7.17. The maximum absolute atomic E-state index is 11.7. The zero-order valence-corrected chi connectivity index (χ0v) is 18.2. The van der Waals surface area contributed by atoms with Crippen LogP contribution in [0.25, 0.3) is 0 Å². The molecule has 2 saturated carbocycles. The van der Waals surface area contributed by atoms with E-state index in [4.69, 9.17) is 14.2 Å². The van der Waals surface area contributed by atoms with Gasteiger partial charge in [0.25, 0.3) is 0 Å². The van der Waals surface area contributed by atoms with Gasteiger partial charge in [0.15, 0.2) is 0 Å². The summed E-state index contributed by atoms with van der Waals surface area (Å²) in [6.07, 6.45) is 7.81. The van der Waals surface area contributed by atoms with Crippen LogP contribution >= 0.6 is 0 Å². The fraction of sp³-hybridized carbons (Fsp3) is 0.826. The zero-order valence-electron chi connectivity index (χ0n) is 18.2. The van der Waals surface area contributed by atoms with Gasteiger partial charge in [0.1, 0.15) is 0 Å². The van der Waals surface area contributed by atoms with Crippen LogP contribution in [0.3, 0.4) is 0 Å². The Morgan fingerprint density at radius 2 is 1.68 bits per heavy atom. The SMILES string of the molecule is CC=C1[C@H]2[C@H](OC(C)=O)O[C@H](OC(C)=O)[C@H]2CC[C@H]1[C@]1(C)CCCC(C)(C)C1. The Hall–Kier alpha value is -1.36. The molecule has 1 aliphatic heterocycles. The van der Waals surface area contributed by atoms with E-state index in [9.17, 15) is 9.59 Å². The van der Waals surface area contributed by atoms with Gasteiger partial charge in [-0.3, -0.25) is 9.59 Å². The van der Waals surface area contributed by atoms with Crippen molar-refractivity contribution in [2.45, 2.75) is 92.6 Å². The van der Waals surface area contributed by atoms with E-state index in [0.717, 1.165) is 12.8 Å². The number of esters is 2. The Balaban J connectivity index is 1.90. The number of ether oxygens (including phenoxy) is 3. The van der Waals surface area contributed by atoms with Gasteiger partial charge in [-0.2, -0.15) is 0 Å². The van der Waals surface area contributed by atoms with Gasteiger partial charge in [0, 0.05) is 19.8 Å². The molecule has 0 unspecified atom stereocenters. The lowest BCUT2D eigenvalue weighted by Gasteiger charge is -2.51. The molecule has 0 aromatic rings.